The van der Waals surface area contributed by atoms with Crippen LogP contribution in [0.15, 0.2) is 29.2 Å². The number of amides is 1. The van der Waals surface area contributed by atoms with Gasteiger partial charge in [0.2, 0.25) is 10.0 Å². The normalized spacial score (nSPS) is 16.9. The molecule has 0 aliphatic heterocycles. The number of rotatable bonds is 9. The molecular formula is C22H36N2O3S. The topological polar surface area (TPSA) is 57.7 Å². The van der Waals surface area contributed by atoms with Gasteiger partial charge in [-0.1, -0.05) is 39.5 Å². The Kier molecular flexibility index (Phi) is 8.50. The van der Waals surface area contributed by atoms with Crippen LogP contribution in [0.4, 0.5) is 0 Å². The van der Waals surface area contributed by atoms with Crippen LogP contribution in [0.25, 0.3) is 0 Å². The lowest BCUT2D eigenvalue weighted by molar-refractivity contribution is 0.0685. The Hall–Kier alpha value is -1.40. The zero-order valence-corrected chi connectivity index (χ0v) is 18.7. The van der Waals surface area contributed by atoms with Crippen LogP contribution in [0.3, 0.4) is 0 Å². The fourth-order valence-corrected chi connectivity index (χ4v) is 5.23. The summed E-state index contributed by atoms with van der Waals surface area (Å²) in [6.07, 6.45) is 8.10. The number of nitrogens with zero attached hydrogens (tertiary/aromatic N) is 2. The summed E-state index contributed by atoms with van der Waals surface area (Å²) >= 11 is 0. The molecule has 1 saturated carbocycles. The molecule has 2 rings (SSSR count). The van der Waals surface area contributed by atoms with Crippen LogP contribution in [-0.4, -0.2) is 49.2 Å². The van der Waals surface area contributed by atoms with Crippen molar-refractivity contribution in [3.63, 3.8) is 0 Å². The molecule has 28 heavy (non-hydrogen) atoms. The molecule has 0 saturated heterocycles. The number of unbranched alkanes of at least 4 members (excludes halogenated alkanes) is 1. The van der Waals surface area contributed by atoms with Crippen molar-refractivity contribution < 1.29 is 13.2 Å². The van der Waals surface area contributed by atoms with Crippen LogP contribution in [0.2, 0.25) is 0 Å². The molecule has 0 spiro atoms. The van der Waals surface area contributed by atoms with Gasteiger partial charge in [0.1, 0.15) is 0 Å². The van der Waals surface area contributed by atoms with Gasteiger partial charge in [-0.05, 0) is 56.9 Å². The van der Waals surface area contributed by atoms with Crippen molar-refractivity contribution in [1.82, 2.24) is 9.21 Å². The minimum absolute atomic E-state index is 0.0209. The van der Waals surface area contributed by atoms with Gasteiger partial charge in [-0.25, -0.2) is 8.42 Å². The molecule has 1 atom stereocenters. The third-order valence-corrected chi connectivity index (χ3v) is 7.93. The van der Waals surface area contributed by atoms with Gasteiger partial charge in [-0.15, -0.1) is 0 Å². The van der Waals surface area contributed by atoms with E-state index in [2.05, 4.69) is 20.8 Å². The van der Waals surface area contributed by atoms with Gasteiger partial charge in [0.05, 0.1) is 4.90 Å². The molecule has 158 valence electrons. The molecule has 0 aromatic heterocycles. The lowest BCUT2D eigenvalue weighted by atomic mass is 9.96. The Morgan fingerprint density at radius 1 is 1.11 bits per heavy atom. The second-order valence-corrected chi connectivity index (χ2v) is 9.94. The van der Waals surface area contributed by atoms with Gasteiger partial charge in [0.15, 0.2) is 0 Å². The van der Waals surface area contributed by atoms with Crippen molar-refractivity contribution in [3.05, 3.63) is 29.8 Å². The van der Waals surface area contributed by atoms with E-state index in [9.17, 15) is 13.2 Å². The summed E-state index contributed by atoms with van der Waals surface area (Å²) in [7, 11) is -1.85. The van der Waals surface area contributed by atoms with E-state index in [0.29, 0.717) is 5.56 Å². The molecule has 6 heteroatoms. The summed E-state index contributed by atoms with van der Waals surface area (Å²) in [5.74, 6) is -0.0209. The molecule has 0 heterocycles. The highest BCUT2D eigenvalue weighted by atomic mass is 32.2. The van der Waals surface area contributed by atoms with E-state index in [-0.39, 0.29) is 22.9 Å². The van der Waals surface area contributed by atoms with Crippen LogP contribution in [0.1, 0.15) is 82.5 Å². The zero-order chi connectivity index (χ0) is 20.7. The first kappa shape index (κ1) is 22.9. The molecule has 1 amide bonds. The van der Waals surface area contributed by atoms with E-state index >= 15 is 0 Å². The molecule has 1 aliphatic rings. The van der Waals surface area contributed by atoms with Crippen molar-refractivity contribution in [2.75, 3.05) is 13.6 Å². The second-order valence-electron chi connectivity index (χ2n) is 7.95. The Morgan fingerprint density at radius 3 is 2.25 bits per heavy atom. The number of carbonyl (C=O) groups excluding carboxylic acids is 1. The highest BCUT2D eigenvalue weighted by Crippen LogP contribution is 2.26. The predicted molar refractivity (Wildman–Crippen MR) is 114 cm³/mol. The summed E-state index contributed by atoms with van der Waals surface area (Å²) in [5, 5.41) is 0. The van der Waals surface area contributed by atoms with Crippen LogP contribution in [-0.2, 0) is 10.0 Å². The molecule has 5 nitrogen and oxygen atoms in total. The van der Waals surface area contributed by atoms with E-state index in [0.717, 1.165) is 51.5 Å². The summed E-state index contributed by atoms with van der Waals surface area (Å²) in [6.45, 7) is 6.98. The van der Waals surface area contributed by atoms with Crippen LogP contribution < -0.4 is 0 Å². The van der Waals surface area contributed by atoms with Crippen molar-refractivity contribution in [2.24, 2.45) is 0 Å². The standard InChI is InChI=1S/C22H36N2O3S/c1-5-7-17-24(18(3)6-2)22(25)19-13-15-21(16-14-19)28(26,27)23(4)20-11-9-8-10-12-20/h13-16,18,20H,5-12,17H2,1-4H3. The summed E-state index contributed by atoms with van der Waals surface area (Å²) in [6, 6.07) is 6.72. The zero-order valence-electron chi connectivity index (χ0n) is 17.9. The monoisotopic (exact) mass is 408 g/mol. The quantitative estimate of drug-likeness (QED) is 0.596. The first-order valence-electron chi connectivity index (χ1n) is 10.7. The van der Waals surface area contributed by atoms with E-state index < -0.39 is 10.0 Å². The Labute approximate surface area is 171 Å². The second kappa shape index (κ2) is 10.4. The van der Waals surface area contributed by atoms with Gasteiger partial charge in [0, 0.05) is 31.2 Å². The van der Waals surface area contributed by atoms with Crippen molar-refractivity contribution in [2.45, 2.75) is 89.1 Å². The average molecular weight is 409 g/mol. The summed E-state index contributed by atoms with van der Waals surface area (Å²) < 4.78 is 27.5. The average Bonchev–Trinajstić information content (AvgIpc) is 2.73. The third kappa shape index (κ3) is 5.35. The molecule has 1 aliphatic carbocycles. The molecule has 0 bridgehead atoms. The molecule has 1 fully saturated rings. The molecule has 0 radical (unpaired) electrons. The van der Waals surface area contributed by atoms with E-state index in [4.69, 9.17) is 0 Å². The van der Waals surface area contributed by atoms with Gasteiger partial charge < -0.3 is 4.90 Å². The fourth-order valence-electron chi connectivity index (χ4n) is 3.81. The SMILES string of the molecule is CCCCN(C(=O)c1ccc(S(=O)(=O)N(C)C2CCCCC2)cc1)C(C)CC. The molecular weight excluding hydrogens is 372 g/mol. The number of hydrogen-bond acceptors (Lipinski definition) is 3. The maximum atomic E-state index is 13.0. The first-order valence-corrected chi connectivity index (χ1v) is 12.2. The largest absolute Gasteiger partial charge is 0.336 e. The molecule has 1 aromatic rings. The van der Waals surface area contributed by atoms with Gasteiger partial charge in [-0.2, -0.15) is 4.31 Å². The van der Waals surface area contributed by atoms with Gasteiger partial charge in [0.25, 0.3) is 5.91 Å². The summed E-state index contributed by atoms with van der Waals surface area (Å²) in [5.41, 5.74) is 0.552. The highest BCUT2D eigenvalue weighted by molar-refractivity contribution is 7.89. The highest BCUT2D eigenvalue weighted by Gasteiger charge is 2.29. The molecule has 1 aromatic carbocycles. The van der Waals surface area contributed by atoms with Crippen molar-refractivity contribution in [3.8, 4) is 0 Å². The van der Waals surface area contributed by atoms with E-state index in [1.54, 1.807) is 31.3 Å². The van der Waals surface area contributed by atoms with Crippen LogP contribution in [0, 0.1) is 0 Å². The predicted octanol–water partition coefficient (Wildman–Crippen LogP) is 4.68. The molecule has 1 unspecified atom stereocenters. The third-order valence-electron chi connectivity index (χ3n) is 6.00. The number of carbonyl (C=O) groups is 1. The minimum atomic E-state index is -3.53. The van der Waals surface area contributed by atoms with Gasteiger partial charge in [-0.3, -0.25) is 4.79 Å². The maximum Gasteiger partial charge on any atom is 0.254 e. The van der Waals surface area contributed by atoms with Crippen LogP contribution >= 0.6 is 0 Å². The number of benzene rings is 1. The smallest absolute Gasteiger partial charge is 0.254 e. The fraction of sp³-hybridized carbons (Fsp3) is 0.682. The minimum Gasteiger partial charge on any atom is -0.336 e. The van der Waals surface area contributed by atoms with Crippen molar-refractivity contribution >= 4 is 15.9 Å². The lowest BCUT2D eigenvalue weighted by Crippen LogP contribution is -2.39. The van der Waals surface area contributed by atoms with Gasteiger partial charge >= 0.3 is 0 Å². The molecule has 0 N–H and O–H groups in total. The Balaban J connectivity index is 2.17. The Bertz CT molecular complexity index is 725. The number of hydrogen-bond donors (Lipinski definition) is 0. The summed E-state index contributed by atoms with van der Waals surface area (Å²) in [4.78, 5) is 15.1. The lowest BCUT2D eigenvalue weighted by Gasteiger charge is -2.30. The van der Waals surface area contributed by atoms with Crippen molar-refractivity contribution in [1.29, 1.82) is 0 Å². The van der Waals surface area contributed by atoms with E-state index in [1.807, 2.05) is 4.90 Å². The maximum absolute atomic E-state index is 13.0. The van der Waals surface area contributed by atoms with E-state index in [1.165, 1.54) is 10.7 Å². The number of sulfonamides is 1. The first-order chi connectivity index (χ1) is 13.3. The Morgan fingerprint density at radius 2 is 1.71 bits per heavy atom. The van der Waals surface area contributed by atoms with Crippen LogP contribution in [0.5, 0.6) is 0 Å².